The molecule has 4 heterocycles. The van der Waals surface area contributed by atoms with Crippen molar-refractivity contribution in [1.29, 1.82) is 0 Å². The number of imidazole rings is 1. The van der Waals surface area contributed by atoms with Crippen molar-refractivity contribution in [2.24, 2.45) is 18.9 Å². The average molecular weight is 583 g/mol. The quantitative estimate of drug-likeness (QED) is 0.328. The maximum Gasteiger partial charge on any atom is 0.258 e. The lowest BCUT2D eigenvalue weighted by atomic mass is 9.97. The summed E-state index contributed by atoms with van der Waals surface area (Å²) in [4.78, 5) is 25.8. The highest BCUT2D eigenvalue weighted by Gasteiger charge is 2.33. The van der Waals surface area contributed by atoms with E-state index in [1.165, 1.54) is 19.3 Å². The fraction of sp³-hybridized carbons (Fsp3) is 0.515. The predicted octanol–water partition coefficient (Wildman–Crippen LogP) is 5.49. The van der Waals surface area contributed by atoms with Crippen LogP contribution in [0.2, 0.25) is 0 Å². The topological polar surface area (TPSA) is 102 Å². The van der Waals surface area contributed by atoms with Gasteiger partial charge in [0.1, 0.15) is 0 Å². The van der Waals surface area contributed by atoms with Crippen molar-refractivity contribution in [3.63, 3.8) is 0 Å². The number of fused-ring (bicyclic) bond motifs is 7. The van der Waals surface area contributed by atoms with Crippen LogP contribution < -0.4 is 15.4 Å². The van der Waals surface area contributed by atoms with E-state index < -0.39 is 0 Å². The Morgan fingerprint density at radius 1 is 1.05 bits per heavy atom. The molecule has 3 aliphatic rings. The Kier molecular flexibility index (Phi) is 7.33. The second-order valence-electron chi connectivity index (χ2n) is 12.9. The number of nitrogens with zero attached hydrogens (tertiary/aromatic N) is 6. The Bertz CT molecular complexity index is 1650. The summed E-state index contributed by atoms with van der Waals surface area (Å²) in [7, 11) is 6.21. The van der Waals surface area contributed by atoms with Crippen molar-refractivity contribution in [2.75, 3.05) is 31.3 Å². The minimum Gasteiger partial charge on any atom is -0.477 e. The van der Waals surface area contributed by atoms with Crippen LogP contribution in [-0.2, 0) is 13.6 Å². The molecule has 226 valence electrons. The van der Waals surface area contributed by atoms with E-state index in [4.69, 9.17) is 14.7 Å². The summed E-state index contributed by atoms with van der Waals surface area (Å²) in [6.45, 7) is 3.32. The molecule has 10 heteroatoms. The first-order chi connectivity index (χ1) is 20.8. The van der Waals surface area contributed by atoms with Crippen LogP contribution in [0.4, 0.5) is 11.6 Å². The minimum atomic E-state index is -0.202. The smallest absolute Gasteiger partial charge is 0.258 e. The lowest BCUT2D eigenvalue weighted by Crippen LogP contribution is -2.26. The van der Waals surface area contributed by atoms with Gasteiger partial charge in [-0.15, -0.1) is 0 Å². The van der Waals surface area contributed by atoms with Gasteiger partial charge < -0.3 is 19.5 Å². The van der Waals surface area contributed by atoms with E-state index in [1.54, 1.807) is 10.9 Å². The van der Waals surface area contributed by atoms with Gasteiger partial charge in [-0.1, -0.05) is 0 Å². The third-order valence-corrected chi connectivity index (χ3v) is 9.52. The third kappa shape index (κ3) is 5.72. The molecular formula is C33H42N8O2. The van der Waals surface area contributed by atoms with E-state index in [-0.39, 0.29) is 5.91 Å². The number of pyridine rings is 1. The van der Waals surface area contributed by atoms with Crippen LogP contribution in [0.5, 0.6) is 5.88 Å². The zero-order chi connectivity index (χ0) is 29.7. The Labute approximate surface area is 252 Å². The standard InChI is InChI=1S/C33H42N8O2/c1-20-14-23-15-28(35-20)27-18-34-40(4)32(27)43-13-5-6-22(21-7-8-21)19-41-30-12-10-25(17-29(30)37-33(41)38-31(23)42)36-24-9-11-26(16-24)39(2)3/h10,12,14-15,17-18,21-22,24,26,36H,5-9,11,13,16,19H2,1-4H3,(H,37,38,42)/t22-,24+,26+/m1/s1. The molecule has 0 saturated heterocycles. The van der Waals surface area contributed by atoms with E-state index in [1.807, 2.05) is 26.1 Å². The van der Waals surface area contributed by atoms with E-state index >= 15 is 0 Å². The van der Waals surface area contributed by atoms with Gasteiger partial charge in [0.25, 0.3) is 5.91 Å². The number of carbonyl (C=O) groups is 1. The highest BCUT2D eigenvalue weighted by molar-refractivity contribution is 6.05. The average Bonchev–Trinajstić information content (AvgIpc) is 3.46. The summed E-state index contributed by atoms with van der Waals surface area (Å²) in [6, 6.07) is 11.2. The van der Waals surface area contributed by atoms with Gasteiger partial charge >= 0.3 is 0 Å². The van der Waals surface area contributed by atoms with Crippen LogP contribution in [0.25, 0.3) is 22.3 Å². The van der Waals surface area contributed by atoms with Crippen molar-refractivity contribution in [3.8, 4) is 17.1 Å². The number of anilines is 2. The van der Waals surface area contributed by atoms with E-state index in [0.717, 1.165) is 60.2 Å². The van der Waals surface area contributed by atoms with Gasteiger partial charge in [-0.2, -0.15) is 5.10 Å². The van der Waals surface area contributed by atoms with Crippen LogP contribution in [-0.4, -0.2) is 67.9 Å². The molecule has 2 saturated carbocycles. The molecule has 2 N–H and O–H groups in total. The maximum atomic E-state index is 13.8. The first-order valence-corrected chi connectivity index (χ1v) is 15.7. The van der Waals surface area contributed by atoms with Gasteiger partial charge in [0.2, 0.25) is 11.8 Å². The molecule has 3 atom stereocenters. The Morgan fingerprint density at radius 3 is 2.70 bits per heavy atom. The molecule has 10 nitrogen and oxygen atoms in total. The summed E-state index contributed by atoms with van der Waals surface area (Å²) in [5.41, 5.74) is 5.78. The third-order valence-electron chi connectivity index (χ3n) is 9.52. The molecule has 2 bridgehead atoms. The lowest BCUT2D eigenvalue weighted by Gasteiger charge is -2.20. The highest BCUT2D eigenvalue weighted by Crippen LogP contribution is 2.41. The fourth-order valence-corrected chi connectivity index (χ4v) is 6.97. The number of hydrogen-bond donors (Lipinski definition) is 2. The zero-order valence-electron chi connectivity index (χ0n) is 25.6. The molecule has 0 radical (unpaired) electrons. The first-order valence-electron chi connectivity index (χ1n) is 15.7. The number of nitrogens with one attached hydrogen (secondary N) is 2. The van der Waals surface area contributed by atoms with E-state index in [2.05, 4.69) is 57.5 Å². The summed E-state index contributed by atoms with van der Waals surface area (Å²) in [5, 5.41) is 11.4. The Balaban J connectivity index is 1.24. The highest BCUT2D eigenvalue weighted by atomic mass is 16.5. The second kappa shape index (κ2) is 11.3. The van der Waals surface area contributed by atoms with Crippen molar-refractivity contribution in [1.82, 2.24) is 29.2 Å². The summed E-state index contributed by atoms with van der Waals surface area (Å²) in [6.07, 6.45) is 9.78. The van der Waals surface area contributed by atoms with Crippen molar-refractivity contribution in [2.45, 2.75) is 70.5 Å². The number of amides is 1. The largest absolute Gasteiger partial charge is 0.477 e. The number of rotatable bonds is 4. The molecule has 3 aromatic heterocycles. The summed E-state index contributed by atoms with van der Waals surface area (Å²) < 4.78 is 10.3. The number of aromatic nitrogens is 5. The van der Waals surface area contributed by atoms with Crippen LogP contribution >= 0.6 is 0 Å². The molecule has 0 unspecified atom stereocenters. The van der Waals surface area contributed by atoms with Gasteiger partial charge in [0, 0.05) is 42.6 Å². The van der Waals surface area contributed by atoms with Gasteiger partial charge in [0.05, 0.1) is 35.1 Å². The first kappa shape index (κ1) is 27.9. The number of carbonyl (C=O) groups excluding carboxylic acids is 1. The van der Waals surface area contributed by atoms with Crippen molar-refractivity contribution >= 4 is 28.6 Å². The molecular weight excluding hydrogens is 540 g/mol. The molecule has 7 rings (SSSR count). The number of ether oxygens (including phenoxy) is 1. The Hall–Kier alpha value is -3.92. The normalized spacial score (nSPS) is 22.8. The minimum absolute atomic E-state index is 0.202. The molecule has 1 aromatic carbocycles. The predicted molar refractivity (Wildman–Crippen MR) is 169 cm³/mol. The maximum absolute atomic E-state index is 13.8. The van der Waals surface area contributed by atoms with Crippen LogP contribution in [0.15, 0.2) is 36.5 Å². The van der Waals surface area contributed by atoms with Crippen molar-refractivity contribution < 1.29 is 9.53 Å². The zero-order valence-corrected chi connectivity index (χ0v) is 25.6. The molecule has 1 amide bonds. The number of hydrogen-bond acceptors (Lipinski definition) is 7. The summed E-state index contributed by atoms with van der Waals surface area (Å²) >= 11 is 0. The second-order valence-corrected chi connectivity index (χ2v) is 12.9. The SMILES string of the molecule is Cc1cc2cc(n1)-c1cnn(C)c1OCCC[C@@H](C1CC1)Cn1c(nc3cc(N[C@H]4CC[C@H](N(C)C)C4)ccc31)NC2=O. The van der Waals surface area contributed by atoms with E-state index in [9.17, 15) is 4.79 Å². The van der Waals surface area contributed by atoms with Crippen LogP contribution in [0.3, 0.4) is 0 Å². The molecule has 43 heavy (non-hydrogen) atoms. The Morgan fingerprint density at radius 2 is 1.91 bits per heavy atom. The van der Waals surface area contributed by atoms with Crippen LogP contribution in [0.1, 0.15) is 61.0 Å². The molecule has 1 aliphatic heterocycles. The fourth-order valence-electron chi connectivity index (χ4n) is 6.97. The molecule has 2 fully saturated rings. The number of benzene rings is 1. The monoisotopic (exact) mass is 582 g/mol. The van der Waals surface area contributed by atoms with Gasteiger partial charge in [-0.05, 0) is 108 Å². The van der Waals surface area contributed by atoms with Crippen molar-refractivity contribution in [3.05, 3.63) is 47.8 Å². The lowest BCUT2D eigenvalue weighted by molar-refractivity contribution is 0.102. The van der Waals surface area contributed by atoms with E-state index in [0.29, 0.717) is 53.6 Å². The van der Waals surface area contributed by atoms with Gasteiger partial charge in [0.15, 0.2) is 0 Å². The molecule has 0 spiro atoms. The molecule has 2 aliphatic carbocycles. The number of aryl methyl sites for hydroxylation is 2. The van der Waals surface area contributed by atoms with Gasteiger partial charge in [-0.3, -0.25) is 15.1 Å². The molecule has 4 aromatic rings. The van der Waals surface area contributed by atoms with Crippen LogP contribution in [0, 0.1) is 18.8 Å². The summed E-state index contributed by atoms with van der Waals surface area (Å²) in [5.74, 6) is 2.25. The van der Waals surface area contributed by atoms with Gasteiger partial charge in [-0.25, -0.2) is 9.67 Å².